The summed E-state index contributed by atoms with van der Waals surface area (Å²) in [4.78, 5) is 2.40. The molecule has 1 heterocycles. The lowest BCUT2D eigenvalue weighted by Gasteiger charge is -2.31. The quantitative estimate of drug-likeness (QED) is 0.895. The van der Waals surface area contributed by atoms with Crippen LogP contribution in [0.1, 0.15) is 11.1 Å². The molecule has 0 spiro atoms. The summed E-state index contributed by atoms with van der Waals surface area (Å²) in [7, 11) is 2.20. The number of likely N-dealkylation sites (N-methyl/N-ethyl adjacent to an activating group) is 1. The third-order valence-electron chi connectivity index (χ3n) is 3.24. The molecule has 1 aliphatic rings. The molecular weight excluding hydrogens is 264 g/mol. The van der Waals surface area contributed by atoms with E-state index in [0.29, 0.717) is 6.04 Å². The fourth-order valence-corrected chi connectivity index (χ4v) is 2.66. The summed E-state index contributed by atoms with van der Waals surface area (Å²) in [6.45, 7) is 5.60. The van der Waals surface area contributed by atoms with Crippen LogP contribution in [0.4, 0.5) is 0 Å². The molecule has 2 rings (SSSR count). The van der Waals surface area contributed by atoms with E-state index in [-0.39, 0.29) is 0 Å². The van der Waals surface area contributed by atoms with Crippen molar-refractivity contribution in [3.8, 4) is 0 Å². The van der Waals surface area contributed by atoms with Crippen molar-refractivity contribution < 1.29 is 0 Å². The number of hydrogen-bond donors (Lipinski definition) is 1. The van der Waals surface area contributed by atoms with Crippen LogP contribution in [0.25, 0.3) is 0 Å². The Morgan fingerprint density at radius 2 is 2.31 bits per heavy atom. The normalized spacial score (nSPS) is 22.3. The third-order valence-corrected chi connectivity index (χ3v) is 3.73. The fraction of sp³-hybridized carbons (Fsp3) is 0.538. The van der Waals surface area contributed by atoms with Crippen LogP contribution in [0.2, 0.25) is 0 Å². The van der Waals surface area contributed by atoms with Gasteiger partial charge in [-0.25, -0.2) is 0 Å². The molecule has 1 N–H and O–H groups in total. The third kappa shape index (κ3) is 3.06. The van der Waals surface area contributed by atoms with Crippen molar-refractivity contribution in [2.75, 3.05) is 26.7 Å². The van der Waals surface area contributed by atoms with E-state index in [0.717, 1.165) is 26.1 Å². The Bertz CT molecular complexity index is 365. The van der Waals surface area contributed by atoms with Crippen molar-refractivity contribution >= 4 is 15.9 Å². The minimum absolute atomic E-state index is 0.590. The molecule has 1 fully saturated rings. The topological polar surface area (TPSA) is 15.3 Å². The zero-order valence-electron chi connectivity index (χ0n) is 9.96. The molecule has 16 heavy (non-hydrogen) atoms. The summed E-state index contributed by atoms with van der Waals surface area (Å²) >= 11 is 3.54. The number of halogens is 1. The van der Waals surface area contributed by atoms with Crippen LogP contribution in [-0.4, -0.2) is 37.6 Å². The maximum atomic E-state index is 3.59. The first kappa shape index (κ1) is 12.1. The molecule has 0 bridgehead atoms. The van der Waals surface area contributed by atoms with E-state index in [1.807, 2.05) is 0 Å². The van der Waals surface area contributed by atoms with Crippen molar-refractivity contribution in [3.05, 3.63) is 33.8 Å². The summed E-state index contributed by atoms with van der Waals surface area (Å²) in [5.41, 5.74) is 2.83. The molecule has 0 radical (unpaired) electrons. The van der Waals surface area contributed by atoms with Crippen LogP contribution >= 0.6 is 15.9 Å². The summed E-state index contributed by atoms with van der Waals surface area (Å²) < 4.78 is 1.18. The lowest BCUT2D eigenvalue weighted by Crippen LogP contribution is -2.50. The Balaban J connectivity index is 2.05. The second-order valence-electron chi connectivity index (χ2n) is 4.69. The van der Waals surface area contributed by atoms with Crippen LogP contribution < -0.4 is 5.32 Å². The molecule has 2 nitrogen and oxygen atoms in total. The van der Waals surface area contributed by atoms with E-state index < -0.39 is 0 Å². The first-order chi connectivity index (χ1) is 7.65. The van der Waals surface area contributed by atoms with Crippen LogP contribution in [0.5, 0.6) is 0 Å². The molecule has 1 aromatic rings. The highest BCUT2D eigenvalue weighted by Crippen LogP contribution is 2.18. The van der Waals surface area contributed by atoms with Gasteiger partial charge >= 0.3 is 0 Å². The van der Waals surface area contributed by atoms with Gasteiger partial charge in [-0.3, -0.25) is 0 Å². The molecule has 1 aromatic carbocycles. The van der Waals surface area contributed by atoms with E-state index in [1.54, 1.807) is 0 Å². The Morgan fingerprint density at radius 1 is 1.50 bits per heavy atom. The number of rotatable bonds is 2. The van der Waals surface area contributed by atoms with E-state index in [9.17, 15) is 0 Å². The first-order valence-electron chi connectivity index (χ1n) is 5.82. The van der Waals surface area contributed by atoms with E-state index in [1.165, 1.54) is 15.6 Å². The van der Waals surface area contributed by atoms with Gasteiger partial charge in [0.05, 0.1) is 0 Å². The number of benzene rings is 1. The second kappa shape index (κ2) is 5.30. The number of nitrogens with one attached hydrogen (secondary N) is 1. The van der Waals surface area contributed by atoms with Gasteiger partial charge in [-0.05, 0) is 43.7 Å². The molecule has 1 unspecified atom stereocenters. The Labute approximate surface area is 106 Å². The predicted molar refractivity (Wildman–Crippen MR) is 71.9 cm³/mol. The Kier molecular flexibility index (Phi) is 4.00. The highest BCUT2D eigenvalue weighted by atomic mass is 79.9. The smallest absolute Gasteiger partial charge is 0.0235 e. The molecule has 1 saturated heterocycles. The highest BCUT2D eigenvalue weighted by Gasteiger charge is 2.17. The molecule has 0 aliphatic carbocycles. The zero-order chi connectivity index (χ0) is 11.5. The predicted octanol–water partition coefficient (Wildman–Crippen LogP) is 2.20. The summed E-state index contributed by atoms with van der Waals surface area (Å²) in [6, 6.07) is 7.13. The lowest BCUT2D eigenvalue weighted by molar-refractivity contribution is 0.238. The number of nitrogens with zero attached hydrogens (tertiary/aromatic N) is 1. The lowest BCUT2D eigenvalue weighted by atomic mass is 10.00. The molecule has 0 saturated carbocycles. The second-order valence-corrected chi connectivity index (χ2v) is 5.60. The van der Waals surface area contributed by atoms with Gasteiger partial charge in [0.25, 0.3) is 0 Å². The van der Waals surface area contributed by atoms with Crippen LogP contribution in [0.3, 0.4) is 0 Å². The number of piperazine rings is 1. The number of hydrogen-bond acceptors (Lipinski definition) is 2. The molecule has 0 aromatic heterocycles. The highest BCUT2D eigenvalue weighted by molar-refractivity contribution is 9.10. The van der Waals surface area contributed by atoms with Gasteiger partial charge in [-0.2, -0.15) is 0 Å². The fourth-order valence-electron chi connectivity index (χ4n) is 2.25. The SMILES string of the molecule is Cc1ccc(Br)cc1CC1CN(C)CCN1. The summed E-state index contributed by atoms with van der Waals surface area (Å²) in [5.74, 6) is 0. The van der Waals surface area contributed by atoms with Gasteiger partial charge in [0, 0.05) is 30.1 Å². The number of aryl methyl sites for hydroxylation is 1. The molecule has 88 valence electrons. The van der Waals surface area contributed by atoms with Crippen molar-refractivity contribution in [1.82, 2.24) is 10.2 Å². The Hall–Kier alpha value is -0.380. The van der Waals surface area contributed by atoms with Crippen LogP contribution in [-0.2, 0) is 6.42 Å². The van der Waals surface area contributed by atoms with Gasteiger partial charge < -0.3 is 10.2 Å². The first-order valence-corrected chi connectivity index (χ1v) is 6.61. The average molecular weight is 283 g/mol. The monoisotopic (exact) mass is 282 g/mol. The van der Waals surface area contributed by atoms with Crippen LogP contribution in [0.15, 0.2) is 22.7 Å². The summed E-state index contributed by atoms with van der Waals surface area (Å²) in [6.07, 6.45) is 1.12. The van der Waals surface area contributed by atoms with Crippen molar-refractivity contribution in [1.29, 1.82) is 0 Å². The molecule has 3 heteroatoms. The van der Waals surface area contributed by atoms with Gasteiger partial charge in [0.15, 0.2) is 0 Å². The molecule has 0 amide bonds. The minimum atomic E-state index is 0.590. The maximum Gasteiger partial charge on any atom is 0.0235 e. The Morgan fingerprint density at radius 3 is 3.06 bits per heavy atom. The van der Waals surface area contributed by atoms with Crippen LogP contribution in [0, 0.1) is 6.92 Å². The summed E-state index contributed by atoms with van der Waals surface area (Å²) in [5, 5.41) is 3.59. The van der Waals surface area contributed by atoms with Gasteiger partial charge in [-0.1, -0.05) is 22.0 Å². The van der Waals surface area contributed by atoms with Crippen molar-refractivity contribution in [3.63, 3.8) is 0 Å². The minimum Gasteiger partial charge on any atom is -0.311 e. The molecule has 1 aliphatic heterocycles. The van der Waals surface area contributed by atoms with Crippen molar-refractivity contribution in [2.24, 2.45) is 0 Å². The van der Waals surface area contributed by atoms with Gasteiger partial charge in [0.1, 0.15) is 0 Å². The van der Waals surface area contributed by atoms with Gasteiger partial charge in [0.2, 0.25) is 0 Å². The van der Waals surface area contributed by atoms with E-state index in [2.05, 4.69) is 58.3 Å². The maximum absolute atomic E-state index is 3.59. The van der Waals surface area contributed by atoms with E-state index in [4.69, 9.17) is 0 Å². The standard InChI is InChI=1S/C13H19BrN2/c1-10-3-4-12(14)7-11(10)8-13-9-16(2)6-5-15-13/h3-4,7,13,15H,5-6,8-9H2,1-2H3. The van der Waals surface area contributed by atoms with Gasteiger partial charge in [-0.15, -0.1) is 0 Å². The molecular formula is C13H19BrN2. The largest absolute Gasteiger partial charge is 0.311 e. The average Bonchev–Trinajstić information content (AvgIpc) is 2.24. The van der Waals surface area contributed by atoms with Crippen molar-refractivity contribution in [2.45, 2.75) is 19.4 Å². The van der Waals surface area contributed by atoms with E-state index >= 15 is 0 Å². The molecule has 1 atom stereocenters. The zero-order valence-corrected chi connectivity index (χ0v) is 11.5.